The Morgan fingerprint density at radius 2 is 2.10 bits per heavy atom. The van der Waals surface area contributed by atoms with Crippen LogP contribution >= 0.6 is 11.8 Å². The zero-order valence-electron chi connectivity index (χ0n) is 11.5. The Labute approximate surface area is 126 Å². The summed E-state index contributed by atoms with van der Waals surface area (Å²) < 4.78 is 1.74. The summed E-state index contributed by atoms with van der Waals surface area (Å²) in [4.78, 5) is 16.0. The normalized spacial score (nSPS) is 13.9. The molecule has 1 aliphatic rings. The van der Waals surface area contributed by atoms with Gasteiger partial charge in [-0.1, -0.05) is 42.1 Å². The van der Waals surface area contributed by atoms with E-state index in [0.29, 0.717) is 11.0 Å². The first kappa shape index (κ1) is 13.7. The molecule has 2 N–H and O–H groups in total. The van der Waals surface area contributed by atoms with Crippen molar-refractivity contribution in [2.75, 3.05) is 17.6 Å². The Hall–Kier alpha value is -2.28. The molecule has 1 aromatic carbocycles. The van der Waals surface area contributed by atoms with Gasteiger partial charge in [0.2, 0.25) is 0 Å². The van der Waals surface area contributed by atoms with Crippen molar-refractivity contribution in [1.29, 1.82) is 0 Å². The minimum absolute atomic E-state index is 0.319. The van der Waals surface area contributed by atoms with Crippen LogP contribution < -0.4 is 10.6 Å². The van der Waals surface area contributed by atoms with Gasteiger partial charge in [0, 0.05) is 18.9 Å². The third-order valence-corrected chi connectivity index (χ3v) is 3.89. The molecule has 1 aromatic heterocycles. The molecule has 108 valence electrons. The predicted octanol–water partition coefficient (Wildman–Crippen LogP) is 2.31. The van der Waals surface area contributed by atoms with Crippen molar-refractivity contribution in [2.45, 2.75) is 0 Å². The Bertz CT molecular complexity index is 680. The average Bonchev–Trinajstić information content (AvgIpc) is 3.09. The van der Waals surface area contributed by atoms with Crippen molar-refractivity contribution in [2.24, 2.45) is 12.0 Å². The monoisotopic (exact) mass is 301 g/mol. The van der Waals surface area contributed by atoms with Gasteiger partial charge in [0.05, 0.1) is 12.2 Å². The molecule has 2 aromatic rings. The van der Waals surface area contributed by atoms with Crippen LogP contribution in [0.3, 0.4) is 0 Å². The van der Waals surface area contributed by atoms with Gasteiger partial charge in [-0.3, -0.25) is 20.3 Å². The number of thioether (sulfide) groups is 1. The third kappa shape index (κ3) is 3.25. The van der Waals surface area contributed by atoms with Crippen molar-refractivity contribution in [1.82, 2.24) is 15.1 Å². The second-order valence-corrected chi connectivity index (χ2v) is 5.60. The number of aliphatic imine (C=N–C) groups is 1. The minimum atomic E-state index is -0.319. The zero-order valence-corrected chi connectivity index (χ0v) is 12.4. The average molecular weight is 301 g/mol. The van der Waals surface area contributed by atoms with Gasteiger partial charge in [-0.2, -0.15) is 5.10 Å². The van der Waals surface area contributed by atoms with Crippen molar-refractivity contribution in [3.8, 4) is 11.3 Å². The third-order valence-electron chi connectivity index (χ3n) is 3.00. The lowest BCUT2D eigenvalue weighted by Gasteiger charge is -2.03. The molecule has 0 saturated heterocycles. The molecule has 0 fully saturated rings. The molecule has 0 radical (unpaired) electrons. The number of aryl methyl sites for hydroxylation is 1. The molecule has 2 heterocycles. The number of urea groups is 1. The van der Waals surface area contributed by atoms with Gasteiger partial charge in [-0.25, -0.2) is 4.79 Å². The SMILES string of the molecule is Cn1nc(NC(=O)NC2=NCCS2)cc1-c1ccccc1. The molecule has 0 saturated carbocycles. The maximum atomic E-state index is 11.9. The molecular formula is C14H15N5OS. The van der Waals surface area contributed by atoms with Gasteiger partial charge >= 0.3 is 6.03 Å². The number of nitrogens with zero attached hydrogens (tertiary/aromatic N) is 3. The summed E-state index contributed by atoms with van der Waals surface area (Å²) in [5.41, 5.74) is 2.00. The fourth-order valence-electron chi connectivity index (χ4n) is 2.06. The van der Waals surface area contributed by atoms with Crippen LogP contribution in [0, 0.1) is 0 Å². The van der Waals surface area contributed by atoms with Gasteiger partial charge in [0.1, 0.15) is 0 Å². The summed E-state index contributed by atoms with van der Waals surface area (Å²) in [5.74, 6) is 1.43. The molecule has 3 rings (SSSR count). The van der Waals surface area contributed by atoms with Crippen molar-refractivity contribution < 1.29 is 4.79 Å². The van der Waals surface area contributed by atoms with E-state index in [4.69, 9.17) is 0 Å². The Morgan fingerprint density at radius 1 is 1.29 bits per heavy atom. The fraction of sp³-hybridized carbons (Fsp3) is 0.214. The van der Waals surface area contributed by atoms with E-state index in [1.807, 2.05) is 43.4 Å². The molecule has 0 atom stereocenters. The van der Waals surface area contributed by atoms with Crippen LogP contribution in [0.15, 0.2) is 41.4 Å². The Morgan fingerprint density at radius 3 is 2.81 bits per heavy atom. The lowest BCUT2D eigenvalue weighted by atomic mass is 10.1. The highest BCUT2D eigenvalue weighted by Crippen LogP contribution is 2.21. The van der Waals surface area contributed by atoms with E-state index in [0.717, 1.165) is 23.6 Å². The first-order valence-electron chi connectivity index (χ1n) is 6.57. The van der Waals surface area contributed by atoms with Crippen LogP contribution in [0.1, 0.15) is 0 Å². The van der Waals surface area contributed by atoms with Crippen LogP contribution in [0.5, 0.6) is 0 Å². The molecule has 0 aliphatic carbocycles. The van der Waals surface area contributed by atoms with E-state index in [2.05, 4.69) is 20.7 Å². The number of benzene rings is 1. The van der Waals surface area contributed by atoms with Crippen molar-refractivity contribution in [3.63, 3.8) is 0 Å². The highest BCUT2D eigenvalue weighted by atomic mass is 32.2. The van der Waals surface area contributed by atoms with Gasteiger partial charge < -0.3 is 0 Å². The Balaban J connectivity index is 1.71. The number of aromatic nitrogens is 2. The molecule has 1 aliphatic heterocycles. The molecule has 2 amide bonds. The van der Waals surface area contributed by atoms with Crippen molar-refractivity contribution >= 4 is 28.8 Å². The molecule has 0 bridgehead atoms. The van der Waals surface area contributed by atoms with E-state index in [1.165, 1.54) is 11.8 Å². The van der Waals surface area contributed by atoms with Crippen LogP contribution in [-0.2, 0) is 7.05 Å². The van der Waals surface area contributed by atoms with Gasteiger partial charge in [0.25, 0.3) is 0 Å². The maximum Gasteiger partial charge on any atom is 0.326 e. The summed E-state index contributed by atoms with van der Waals surface area (Å²) in [6.45, 7) is 0.752. The van der Waals surface area contributed by atoms with E-state index < -0.39 is 0 Å². The van der Waals surface area contributed by atoms with Gasteiger partial charge in [0.15, 0.2) is 11.0 Å². The number of rotatable bonds is 2. The van der Waals surface area contributed by atoms with Crippen LogP contribution in [-0.4, -0.2) is 33.3 Å². The summed E-state index contributed by atoms with van der Waals surface area (Å²) in [6, 6.07) is 11.4. The summed E-state index contributed by atoms with van der Waals surface area (Å²) in [7, 11) is 1.85. The molecular weight excluding hydrogens is 286 g/mol. The zero-order chi connectivity index (χ0) is 14.7. The van der Waals surface area contributed by atoms with E-state index in [-0.39, 0.29) is 6.03 Å². The summed E-state index contributed by atoms with van der Waals surface area (Å²) in [5, 5.41) is 10.4. The van der Waals surface area contributed by atoms with Crippen LogP contribution in [0.2, 0.25) is 0 Å². The molecule has 0 spiro atoms. The largest absolute Gasteiger partial charge is 0.326 e. The standard InChI is InChI=1S/C14H15N5OS/c1-19-11(10-5-3-2-4-6-10)9-12(18-19)16-13(20)17-14-15-7-8-21-14/h2-6,9H,7-8H2,1H3,(H2,15,16,17,18,20). The highest BCUT2D eigenvalue weighted by molar-refractivity contribution is 8.14. The number of nitrogens with one attached hydrogen (secondary N) is 2. The van der Waals surface area contributed by atoms with Crippen molar-refractivity contribution in [3.05, 3.63) is 36.4 Å². The first-order chi connectivity index (χ1) is 10.2. The molecule has 0 unspecified atom stereocenters. The van der Waals surface area contributed by atoms with E-state index >= 15 is 0 Å². The predicted molar refractivity (Wildman–Crippen MR) is 85.6 cm³/mol. The lowest BCUT2D eigenvalue weighted by Crippen LogP contribution is -2.32. The smallest absolute Gasteiger partial charge is 0.291 e. The minimum Gasteiger partial charge on any atom is -0.291 e. The number of carbonyl (C=O) groups excluding carboxylic acids is 1. The van der Waals surface area contributed by atoms with Crippen LogP contribution in [0.25, 0.3) is 11.3 Å². The number of hydrogen-bond donors (Lipinski definition) is 2. The number of hydrogen-bond acceptors (Lipinski definition) is 4. The Kier molecular flexibility index (Phi) is 3.92. The van der Waals surface area contributed by atoms with Crippen LogP contribution in [0.4, 0.5) is 10.6 Å². The lowest BCUT2D eigenvalue weighted by molar-refractivity contribution is 0.256. The van der Waals surface area contributed by atoms with E-state index in [9.17, 15) is 4.79 Å². The second-order valence-electron chi connectivity index (χ2n) is 4.52. The topological polar surface area (TPSA) is 71.3 Å². The number of amidine groups is 1. The number of anilines is 1. The highest BCUT2D eigenvalue weighted by Gasteiger charge is 2.13. The van der Waals surface area contributed by atoms with Gasteiger partial charge in [-0.15, -0.1) is 0 Å². The van der Waals surface area contributed by atoms with E-state index in [1.54, 1.807) is 4.68 Å². The van der Waals surface area contributed by atoms with Gasteiger partial charge in [-0.05, 0) is 5.56 Å². The molecule has 21 heavy (non-hydrogen) atoms. The second kappa shape index (κ2) is 6.01. The molecule has 7 heteroatoms. The maximum absolute atomic E-state index is 11.9. The number of carbonyl (C=O) groups is 1. The quantitative estimate of drug-likeness (QED) is 0.894. The first-order valence-corrected chi connectivity index (χ1v) is 7.55. The molecule has 6 nitrogen and oxygen atoms in total. The fourth-order valence-corrected chi connectivity index (χ4v) is 2.79. The summed E-state index contributed by atoms with van der Waals surface area (Å²) in [6.07, 6.45) is 0. The number of amides is 2. The summed E-state index contributed by atoms with van der Waals surface area (Å²) >= 11 is 1.54.